The summed E-state index contributed by atoms with van der Waals surface area (Å²) in [4.78, 5) is 4.57. The molecule has 0 aliphatic rings. The van der Waals surface area contributed by atoms with Crippen LogP contribution >= 0.6 is 24.0 Å². The van der Waals surface area contributed by atoms with Gasteiger partial charge in [0.05, 0.1) is 6.54 Å². The van der Waals surface area contributed by atoms with Gasteiger partial charge in [0.25, 0.3) is 0 Å². The Morgan fingerprint density at radius 1 is 1.21 bits per heavy atom. The Labute approximate surface area is 187 Å². The lowest BCUT2D eigenvalue weighted by Crippen LogP contribution is -2.44. The summed E-state index contributed by atoms with van der Waals surface area (Å²) in [5.41, 5.74) is -0.180. The Morgan fingerprint density at radius 3 is 2.62 bits per heavy atom. The van der Waals surface area contributed by atoms with Gasteiger partial charge in [-0.25, -0.2) is 4.99 Å². The highest BCUT2D eigenvalue weighted by Crippen LogP contribution is 2.21. The van der Waals surface area contributed by atoms with E-state index in [0.29, 0.717) is 24.8 Å². The first-order valence-electron chi connectivity index (χ1n) is 9.25. The summed E-state index contributed by atoms with van der Waals surface area (Å²) in [5.74, 6) is 2.57. The molecule has 1 aromatic carbocycles. The standard InChI is InChI=1S/C20H26N6O2.HI/c1-4-21-19(23-13-20(3,27)17-11-10-15(2)28-17)22-12-18-25-24-14-26(18)16-8-6-5-7-9-16;/h5-11,14,27H,4,12-13H2,1-3H3,(H2,21,22,23);1H. The predicted molar refractivity (Wildman–Crippen MR) is 123 cm³/mol. The van der Waals surface area contributed by atoms with Gasteiger partial charge in [-0.3, -0.25) is 4.57 Å². The summed E-state index contributed by atoms with van der Waals surface area (Å²) in [5, 5.41) is 25.2. The van der Waals surface area contributed by atoms with Crippen molar-refractivity contribution in [3.8, 4) is 5.69 Å². The molecule has 3 aromatic rings. The molecular weight excluding hydrogens is 483 g/mol. The van der Waals surface area contributed by atoms with Crippen LogP contribution in [0.3, 0.4) is 0 Å². The number of benzene rings is 1. The van der Waals surface area contributed by atoms with Crippen molar-refractivity contribution in [2.75, 3.05) is 13.1 Å². The molecule has 3 rings (SSSR count). The van der Waals surface area contributed by atoms with E-state index < -0.39 is 5.60 Å². The molecule has 156 valence electrons. The van der Waals surface area contributed by atoms with Gasteiger partial charge in [-0.2, -0.15) is 0 Å². The van der Waals surface area contributed by atoms with Gasteiger partial charge in [0.2, 0.25) is 0 Å². The number of guanidine groups is 1. The average molecular weight is 510 g/mol. The third-order valence-electron chi connectivity index (χ3n) is 4.25. The molecule has 8 nitrogen and oxygen atoms in total. The number of aromatic nitrogens is 3. The summed E-state index contributed by atoms with van der Waals surface area (Å²) in [6, 6.07) is 13.5. The monoisotopic (exact) mass is 510 g/mol. The molecule has 0 aliphatic heterocycles. The number of halogens is 1. The van der Waals surface area contributed by atoms with E-state index in [1.165, 1.54) is 0 Å². The van der Waals surface area contributed by atoms with Crippen LogP contribution in [0.25, 0.3) is 5.69 Å². The summed E-state index contributed by atoms with van der Waals surface area (Å²) < 4.78 is 7.45. The highest BCUT2D eigenvalue weighted by Gasteiger charge is 2.27. The van der Waals surface area contributed by atoms with Crippen LogP contribution < -0.4 is 10.6 Å². The normalized spacial score (nSPS) is 13.4. The van der Waals surface area contributed by atoms with Crippen LogP contribution in [-0.2, 0) is 12.1 Å². The zero-order valence-corrected chi connectivity index (χ0v) is 19.1. The minimum absolute atomic E-state index is 0. The van der Waals surface area contributed by atoms with Crippen molar-refractivity contribution in [2.24, 2.45) is 4.99 Å². The summed E-state index contributed by atoms with van der Waals surface area (Å²) in [7, 11) is 0. The fourth-order valence-electron chi connectivity index (χ4n) is 2.73. The first kappa shape index (κ1) is 22.9. The molecule has 0 spiro atoms. The van der Waals surface area contributed by atoms with Crippen LogP contribution in [0.5, 0.6) is 0 Å². The second-order valence-corrected chi connectivity index (χ2v) is 6.69. The Balaban J connectivity index is 0.00000300. The van der Waals surface area contributed by atoms with Crippen molar-refractivity contribution in [3.05, 3.63) is 66.1 Å². The maximum atomic E-state index is 10.7. The summed E-state index contributed by atoms with van der Waals surface area (Å²) in [6.45, 7) is 6.82. The van der Waals surface area contributed by atoms with Crippen LogP contribution in [0.1, 0.15) is 31.2 Å². The number of aliphatic hydroxyl groups is 1. The van der Waals surface area contributed by atoms with Crippen LogP contribution in [0.4, 0.5) is 0 Å². The fraction of sp³-hybridized carbons (Fsp3) is 0.350. The Kier molecular flexibility index (Phi) is 8.21. The first-order valence-corrected chi connectivity index (χ1v) is 9.25. The number of furan rings is 1. The third-order valence-corrected chi connectivity index (χ3v) is 4.25. The van der Waals surface area contributed by atoms with Crippen LogP contribution in [-0.4, -0.2) is 38.9 Å². The zero-order valence-electron chi connectivity index (χ0n) is 16.8. The van der Waals surface area contributed by atoms with Crippen molar-refractivity contribution >= 4 is 29.9 Å². The molecule has 0 amide bonds. The van der Waals surface area contributed by atoms with E-state index in [9.17, 15) is 5.11 Å². The van der Waals surface area contributed by atoms with E-state index in [1.807, 2.05) is 54.8 Å². The molecule has 3 N–H and O–H groups in total. The number of hydrogen-bond acceptors (Lipinski definition) is 5. The van der Waals surface area contributed by atoms with Crippen molar-refractivity contribution in [1.29, 1.82) is 0 Å². The highest BCUT2D eigenvalue weighted by molar-refractivity contribution is 14.0. The van der Waals surface area contributed by atoms with E-state index in [0.717, 1.165) is 17.3 Å². The highest BCUT2D eigenvalue weighted by atomic mass is 127. The number of para-hydroxylation sites is 1. The fourth-order valence-corrected chi connectivity index (χ4v) is 2.73. The van der Waals surface area contributed by atoms with Crippen LogP contribution in [0.2, 0.25) is 0 Å². The Bertz CT molecular complexity index is 920. The lowest BCUT2D eigenvalue weighted by Gasteiger charge is -2.22. The summed E-state index contributed by atoms with van der Waals surface area (Å²) in [6.07, 6.45) is 1.67. The number of hydrogen-bond donors (Lipinski definition) is 3. The van der Waals surface area contributed by atoms with Gasteiger partial charge >= 0.3 is 0 Å². The molecule has 0 bridgehead atoms. The van der Waals surface area contributed by atoms with Crippen molar-refractivity contribution in [2.45, 2.75) is 32.9 Å². The molecule has 2 aromatic heterocycles. The van der Waals surface area contributed by atoms with E-state index >= 15 is 0 Å². The van der Waals surface area contributed by atoms with Crippen molar-refractivity contribution in [1.82, 2.24) is 25.4 Å². The van der Waals surface area contributed by atoms with Crippen LogP contribution in [0.15, 0.2) is 58.2 Å². The number of aryl methyl sites for hydroxylation is 1. The summed E-state index contributed by atoms with van der Waals surface area (Å²) >= 11 is 0. The molecule has 0 saturated heterocycles. The molecule has 1 atom stereocenters. The van der Waals surface area contributed by atoms with E-state index in [1.54, 1.807) is 19.3 Å². The second kappa shape index (κ2) is 10.4. The first-order chi connectivity index (χ1) is 13.5. The van der Waals surface area contributed by atoms with E-state index in [4.69, 9.17) is 4.42 Å². The van der Waals surface area contributed by atoms with Gasteiger partial charge in [-0.05, 0) is 45.0 Å². The van der Waals surface area contributed by atoms with E-state index in [2.05, 4.69) is 25.8 Å². The quantitative estimate of drug-likeness (QED) is 0.257. The molecule has 29 heavy (non-hydrogen) atoms. The second-order valence-electron chi connectivity index (χ2n) is 6.69. The molecule has 1 unspecified atom stereocenters. The average Bonchev–Trinajstić information content (AvgIpc) is 3.34. The van der Waals surface area contributed by atoms with Crippen molar-refractivity contribution in [3.63, 3.8) is 0 Å². The lowest BCUT2D eigenvalue weighted by molar-refractivity contribution is 0.0378. The molecule has 0 fully saturated rings. The minimum Gasteiger partial charge on any atom is -0.463 e. The lowest BCUT2D eigenvalue weighted by atomic mass is 10.0. The Morgan fingerprint density at radius 2 is 1.97 bits per heavy atom. The number of rotatable bonds is 7. The maximum Gasteiger partial charge on any atom is 0.191 e. The number of aliphatic imine (C=N–C) groups is 1. The van der Waals surface area contributed by atoms with Gasteiger partial charge < -0.3 is 20.2 Å². The predicted octanol–water partition coefficient (Wildman–Crippen LogP) is 2.75. The smallest absolute Gasteiger partial charge is 0.191 e. The topological polar surface area (TPSA) is 100 Å². The molecule has 2 heterocycles. The molecule has 0 aliphatic carbocycles. The Hall–Kier alpha value is -2.40. The molecule has 9 heteroatoms. The minimum atomic E-state index is -1.16. The largest absolute Gasteiger partial charge is 0.463 e. The number of nitrogens with one attached hydrogen (secondary N) is 2. The molecular formula is C20H27IN6O2. The van der Waals surface area contributed by atoms with Gasteiger partial charge in [0.15, 0.2) is 11.8 Å². The zero-order chi connectivity index (χ0) is 20.0. The molecule has 0 saturated carbocycles. The SMILES string of the molecule is CCNC(=NCc1nncn1-c1ccccc1)NCC(C)(O)c1ccc(C)o1.I. The van der Waals surface area contributed by atoms with Gasteiger partial charge in [-0.15, -0.1) is 34.2 Å². The molecule has 0 radical (unpaired) electrons. The van der Waals surface area contributed by atoms with Crippen LogP contribution in [0, 0.1) is 6.92 Å². The third kappa shape index (κ3) is 6.04. The van der Waals surface area contributed by atoms with Crippen molar-refractivity contribution < 1.29 is 9.52 Å². The van der Waals surface area contributed by atoms with E-state index in [-0.39, 0.29) is 30.5 Å². The van der Waals surface area contributed by atoms with Gasteiger partial charge in [0.1, 0.15) is 30.0 Å². The van der Waals surface area contributed by atoms with Gasteiger partial charge in [-0.1, -0.05) is 18.2 Å². The van der Waals surface area contributed by atoms with Gasteiger partial charge in [0, 0.05) is 12.2 Å². The number of nitrogens with zero attached hydrogens (tertiary/aromatic N) is 4. The maximum absolute atomic E-state index is 10.7.